The number of hydrogen-bond acceptors (Lipinski definition) is 4. The zero-order valence-corrected chi connectivity index (χ0v) is 14.0. The van der Waals surface area contributed by atoms with Gasteiger partial charge in [-0.2, -0.15) is 4.31 Å². The molecule has 2 saturated heterocycles. The minimum atomic E-state index is -3.47. The highest BCUT2D eigenvalue weighted by molar-refractivity contribution is 7.89. The lowest BCUT2D eigenvalue weighted by Crippen LogP contribution is -2.40. The molecule has 1 atom stereocenters. The number of hydrogen-bond donors (Lipinski definition) is 1. The molecule has 2 heterocycles. The third-order valence-electron chi connectivity index (χ3n) is 4.56. The quantitative estimate of drug-likeness (QED) is 0.873. The molecule has 0 radical (unpaired) electrons. The summed E-state index contributed by atoms with van der Waals surface area (Å²) >= 11 is 0. The fourth-order valence-corrected chi connectivity index (χ4v) is 4.71. The number of nitrogens with zero attached hydrogens (tertiary/aromatic N) is 2. The van der Waals surface area contributed by atoms with Crippen LogP contribution in [-0.4, -0.2) is 62.8 Å². The van der Waals surface area contributed by atoms with Gasteiger partial charge in [0.25, 0.3) is 0 Å². The molecular weight excluding hydrogens is 314 g/mol. The predicted octanol–water partition coefficient (Wildman–Crippen LogP) is 0.519. The van der Waals surface area contributed by atoms with Gasteiger partial charge >= 0.3 is 0 Å². The van der Waals surface area contributed by atoms with Crippen molar-refractivity contribution in [1.82, 2.24) is 14.5 Å². The maximum atomic E-state index is 12.7. The largest absolute Gasteiger partial charge is 0.341 e. The molecule has 6 nitrogen and oxygen atoms in total. The molecule has 1 N–H and O–H groups in total. The summed E-state index contributed by atoms with van der Waals surface area (Å²) < 4.78 is 26.9. The number of nitrogens with one attached hydrogen (secondary N) is 1. The van der Waals surface area contributed by atoms with Gasteiger partial charge in [-0.25, -0.2) is 8.42 Å². The highest BCUT2D eigenvalue weighted by atomic mass is 32.2. The van der Waals surface area contributed by atoms with E-state index in [1.54, 1.807) is 30.3 Å². The van der Waals surface area contributed by atoms with Crippen molar-refractivity contribution in [2.24, 2.45) is 5.92 Å². The number of carbonyl (C=O) groups excluding carboxylic acids is 1. The Morgan fingerprint density at radius 1 is 1.09 bits per heavy atom. The smallest absolute Gasteiger partial charge is 0.243 e. The van der Waals surface area contributed by atoms with Gasteiger partial charge in [0.1, 0.15) is 0 Å². The molecule has 1 unspecified atom stereocenters. The van der Waals surface area contributed by atoms with Crippen LogP contribution in [0.3, 0.4) is 0 Å². The third-order valence-corrected chi connectivity index (χ3v) is 6.47. The van der Waals surface area contributed by atoms with Crippen molar-refractivity contribution in [1.29, 1.82) is 0 Å². The first-order valence-corrected chi connectivity index (χ1v) is 9.58. The van der Waals surface area contributed by atoms with E-state index in [1.165, 1.54) is 4.31 Å². The van der Waals surface area contributed by atoms with Crippen LogP contribution in [0, 0.1) is 5.92 Å². The van der Waals surface area contributed by atoms with Gasteiger partial charge in [0, 0.05) is 32.7 Å². The fraction of sp³-hybridized carbons (Fsp3) is 0.562. The average molecular weight is 337 g/mol. The first-order valence-electron chi connectivity index (χ1n) is 8.14. The topological polar surface area (TPSA) is 69.7 Å². The minimum absolute atomic E-state index is 0.0484. The Kier molecular flexibility index (Phi) is 4.99. The maximum absolute atomic E-state index is 12.7. The number of amides is 1. The van der Waals surface area contributed by atoms with Crippen molar-refractivity contribution in [3.05, 3.63) is 30.3 Å². The van der Waals surface area contributed by atoms with Gasteiger partial charge in [-0.3, -0.25) is 4.79 Å². The molecule has 3 rings (SSSR count). The Morgan fingerprint density at radius 3 is 2.57 bits per heavy atom. The van der Waals surface area contributed by atoms with Gasteiger partial charge in [-0.15, -0.1) is 0 Å². The molecular formula is C16H23N3O3S. The molecule has 0 aromatic heterocycles. The van der Waals surface area contributed by atoms with Gasteiger partial charge in [-0.05, 0) is 31.5 Å². The summed E-state index contributed by atoms with van der Waals surface area (Å²) in [6.07, 6.45) is 1.55. The molecule has 1 amide bonds. The molecule has 2 aliphatic heterocycles. The van der Waals surface area contributed by atoms with E-state index in [2.05, 4.69) is 5.32 Å². The zero-order valence-electron chi connectivity index (χ0n) is 13.1. The minimum Gasteiger partial charge on any atom is -0.341 e. The van der Waals surface area contributed by atoms with Crippen LogP contribution in [0.5, 0.6) is 0 Å². The van der Waals surface area contributed by atoms with E-state index in [0.717, 1.165) is 19.5 Å². The number of sulfonamides is 1. The van der Waals surface area contributed by atoms with E-state index in [1.807, 2.05) is 4.90 Å². The summed E-state index contributed by atoms with van der Waals surface area (Å²) in [5.41, 5.74) is 0. The molecule has 23 heavy (non-hydrogen) atoms. The van der Waals surface area contributed by atoms with E-state index in [0.29, 0.717) is 37.5 Å². The highest BCUT2D eigenvalue weighted by Gasteiger charge is 2.31. The van der Waals surface area contributed by atoms with Crippen LogP contribution < -0.4 is 5.32 Å². The van der Waals surface area contributed by atoms with Gasteiger partial charge in [0.2, 0.25) is 15.9 Å². The predicted molar refractivity (Wildman–Crippen MR) is 87.4 cm³/mol. The second-order valence-electron chi connectivity index (χ2n) is 6.09. The summed E-state index contributed by atoms with van der Waals surface area (Å²) in [4.78, 5) is 14.6. The van der Waals surface area contributed by atoms with Crippen LogP contribution in [-0.2, 0) is 14.8 Å². The van der Waals surface area contributed by atoms with E-state index in [-0.39, 0.29) is 11.8 Å². The zero-order chi connectivity index (χ0) is 16.3. The molecule has 0 bridgehead atoms. The van der Waals surface area contributed by atoms with Gasteiger partial charge in [-0.1, -0.05) is 18.2 Å². The number of carbonyl (C=O) groups is 1. The first-order chi connectivity index (χ1) is 11.1. The summed E-state index contributed by atoms with van der Waals surface area (Å²) in [6, 6.07) is 8.50. The second kappa shape index (κ2) is 6.98. The van der Waals surface area contributed by atoms with Crippen molar-refractivity contribution in [3.8, 4) is 0 Å². The lowest BCUT2D eigenvalue weighted by molar-refractivity contribution is -0.134. The van der Waals surface area contributed by atoms with Crippen molar-refractivity contribution in [3.63, 3.8) is 0 Å². The fourth-order valence-electron chi connectivity index (χ4n) is 3.22. The van der Waals surface area contributed by atoms with Gasteiger partial charge in [0.15, 0.2) is 0 Å². The lowest BCUT2D eigenvalue weighted by Gasteiger charge is -2.24. The number of rotatable bonds is 3. The molecule has 2 fully saturated rings. The van der Waals surface area contributed by atoms with Gasteiger partial charge in [0.05, 0.1) is 10.8 Å². The first kappa shape index (κ1) is 16.4. The van der Waals surface area contributed by atoms with Crippen molar-refractivity contribution in [2.75, 3.05) is 39.3 Å². The monoisotopic (exact) mass is 337 g/mol. The Bertz CT molecular complexity index is 642. The SMILES string of the molecule is O=C(C1CCNC1)N1CCCN(S(=O)(=O)c2ccccc2)CC1. The summed E-state index contributed by atoms with van der Waals surface area (Å²) in [7, 11) is -3.47. The van der Waals surface area contributed by atoms with E-state index in [9.17, 15) is 13.2 Å². The third kappa shape index (κ3) is 3.57. The van der Waals surface area contributed by atoms with Crippen LogP contribution in [0.25, 0.3) is 0 Å². The Labute approximate surface area is 137 Å². The molecule has 2 aliphatic rings. The molecule has 0 spiro atoms. The van der Waals surface area contributed by atoms with Crippen LogP contribution in [0.4, 0.5) is 0 Å². The van der Waals surface area contributed by atoms with Crippen LogP contribution in [0.15, 0.2) is 35.2 Å². The summed E-state index contributed by atoms with van der Waals surface area (Å²) in [5.74, 6) is 0.209. The van der Waals surface area contributed by atoms with E-state index < -0.39 is 10.0 Å². The molecule has 1 aromatic carbocycles. The molecule has 7 heteroatoms. The normalized spacial score (nSPS) is 23.7. The second-order valence-corrected chi connectivity index (χ2v) is 8.02. The highest BCUT2D eigenvalue weighted by Crippen LogP contribution is 2.19. The van der Waals surface area contributed by atoms with Crippen LogP contribution in [0.2, 0.25) is 0 Å². The molecule has 0 saturated carbocycles. The molecule has 1 aromatic rings. The Hall–Kier alpha value is -1.44. The van der Waals surface area contributed by atoms with Crippen LogP contribution >= 0.6 is 0 Å². The van der Waals surface area contributed by atoms with E-state index >= 15 is 0 Å². The Morgan fingerprint density at radius 2 is 1.87 bits per heavy atom. The van der Waals surface area contributed by atoms with E-state index in [4.69, 9.17) is 0 Å². The summed E-state index contributed by atoms with van der Waals surface area (Å²) in [6.45, 7) is 3.56. The standard InChI is InChI=1S/C16H23N3O3S/c20-16(14-7-8-17-13-14)18-9-4-10-19(12-11-18)23(21,22)15-5-2-1-3-6-15/h1-3,5-6,14,17H,4,7-13H2. The number of benzene rings is 1. The summed E-state index contributed by atoms with van der Waals surface area (Å²) in [5, 5.41) is 3.21. The molecule has 0 aliphatic carbocycles. The van der Waals surface area contributed by atoms with Crippen molar-refractivity contribution >= 4 is 15.9 Å². The molecule has 126 valence electrons. The van der Waals surface area contributed by atoms with Gasteiger partial charge < -0.3 is 10.2 Å². The van der Waals surface area contributed by atoms with Crippen molar-refractivity contribution in [2.45, 2.75) is 17.7 Å². The Balaban J connectivity index is 1.67. The maximum Gasteiger partial charge on any atom is 0.243 e. The van der Waals surface area contributed by atoms with Crippen molar-refractivity contribution < 1.29 is 13.2 Å². The average Bonchev–Trinajstić information content (AvgIpc) is 2.99. The van der Waals surface area contributed by atoms with Crippen LogP contribution in [0.1, 0.15) is 12.8 Å². The lowest BCUT2D eigenvalue weighted by atomic mass is 10.1.